The Bertz CT molecular complexity index is 594. The number of hydrogen-bond donors (Lipinski definition) is 2. The molecule has 0 saturated heterocycles. The molecule has 0 fully saturated rings. The number of hydrogen-bond acceptors (Lipinski definition) is 2. The zero-order chi connectivity index (χ0) is 13.8. The summed E-state index contributed by atoms with van der Waals surface area (Å²) < 4.78 is 13.2. The third-order valence-electron chi connectivity index (χ3n) is 2.81. The minimum absolute atomic E-state index is 0.325. The van der Waals surface area contributed by atoms with Crippen LogP contribution in [0.25, 0.3) is 0 Å². The quantitative estimate of drug-likeness (QED) is 0.884. The molecule has 0 aliphatic heterocycles. The Morgan fingerprint density at radius 2 is 1.89 bits per heavy atom. The van der Waals surface area contributed by atoms with Crippen LogP contribution < -0.4 is 5.32 Å². The standard InChI is InChI=1S/C15H14FNO2/c1-10-2-4-11(5-3-10)9-17-12-6-7-14(16)13(8-12)15(18)19/h2-8,17H,9H2,1H3,(H,18,19). The van der Waals surface area contributed by atoms with Gasteiger partial charge < -0.3 is 10.4 Å². The van der Waals surface area contributed by atoms with Crippen molar-refractivity contribution in [3.63, 3.8) is 0 Å². The maximum absolute atomic E-state index is 13.2. The Hall–Kier alpha value is -2.36. The van der Waals surface area contributed by atoms with Gasteiger partial charge in [-0.3, -0.25) is 0 Å². The molecule has 0 aliphatic rings. The summed E-state index contributed by atoms with van der Waals surface area (Å²) in [5.74, 6) is -2.00. The molecule has 4 heteroatoms. The zero-order valence-electron chi connectivity index (χ0n) is 10.5. The lowest BCUT2D eigenvalue weighted by molar-refractivity contribution is 0.0692. The molecule has 0 unspecified atom stereocenters. The molecule has 0 atom stereocenters. The third kappa shape index (κ3) is 3.31. The predicted octanol–water partition coefficient (Wildman–Crippen LogP) is 3.44. The Labute approximate surface area is 110 Å². The fraction of sp³-hybridized carbons (Fsp3) is 0.133. The van der Waals surface area contributed by atoms with Gasteiger partial charge in [-0.05, 0) is 30.7 Å². The van der Waals surface area contributed by atoms with Gasteiger partial charge in [-0.15, -0.1) is 0 Å². The van der Waals surface area contributed by atoms with Crippen LogP contribution >= 0.6 is 0 Å². The van der Waals surface area contributed by atoms with Crippen LogP contribution in [0.5, 0.6) is 0 Å². The Morgan fingerprint density at radius 3 is 2.53 bits per heavy atom. The smallest absolute Gasteiger partial charge is 0.338 e. The fourth-order valence-corrected chi connectivity index (χ4v) is 1.71. The maximum atomic E-state index is 13.2. The molecule has 0 aliphatic carbocycles. The van der Waals surface area contributed by atoms with Crippen LogP contribution in [0.3, 0.4) is 0 Å². The Balaban J connectivity index is 2.09. The van der Waals surface area contributed by atoms with Crippen LogP contribution in [0.2, 0.25) is 0 Å². The minimum atomic E-state index is -1.27. The van der Waals surface area contributed by atoms with Crippen molar-refractivity contribution in [2.75, 3.05) is 5.32 Å². The first-order valence-corrected chi connectivity index (χ1v) is 5.88. The molecule has 19 heavy (non-hydrogen) atoms. The van der Waals surface area contributed by atoms with Gasteiger partial charge in [0.2, 0.25) is 0 Å². The average Bonchev–Trinajstić information content (AvgIpc) is 2.39. The molecule has 0 radical (unpaired) electrons. The van der Waals surface area contributed by atoms with Crippen molar-refractivity contribution in [3.05, 3.63) is 65.0 Å². The molecule has 2 aromatic rings. The second-order valence-corrected chi connectivity index (χ2v) is 4.34. The van der Waals surface area contributed by atoms with Gasteiger partial charge in [-0.1, -0.05) is 29.8 Å². The lowest BCUT2D eigenvalue weighted by Crippen LogP contribution is -2.04. The monoisotopic (exact) mass is 259 g/mol. The third-order valence-corrected chi connectivity index (χ3v) is 2.81. The van der Waals surface area contributed by atoms with E-state index < -0.39 is 11.8 Å². The molecule has 2 rings (SSSR count). The van der Waals surface area contributed by atoms with Crippen molar-refractivity contribution in [2.24, 2.45) is 0 Å². The van der Waals surface area contributed by atoms with Crippen LogP contribution in [0.4, 0.5) is 10.1 Å². The molecule has 2 aromatic carbocycles. The first-order valence-electron chi connectivity index (χ1n) is 5.88. The Morgan fingerprint density at radius 1 is 1.21 bits per heavy atom. The van der Waals surface area contributed by atoms with E-state index in [1.165, 1.54) is 17.7 Å². The van der Waals surface area contributed by atoms with Crippen molar-refractivity contribution >= 4 is 11.7 Å². The van der Waals surface area contributed by atoms with Crippen LogP contribution in [0.15, 0.2) is 42.5 Å². The van der Waals surface area contributed by atoms with Crippen molar-refractivity contribution in [2.45, 2.75) is 13.5 Å². The van der Waals surface area contributed by atoms with E-state index in [-0.39, 0.29) is 5.56 Å². The summed E-state index contributed by atoms with van der Waals surface area (Å²) in [7, 11) is 0. The first kappa shape index (κ1) is 13.1. The molecule has 0 amide bonds. The van der Waals surface area contributed by atoms with Gasteiger partial charge in [0.1, 0.15) is 5.82 Å². The second-order valence-electron chi connectivity index (χ2n) is 4.34. The van der Waals surface area contributed by atoms with Gasteiger partial charge in [-0.2, -0.15) is 0 Å². The van der Waals surface area contributed by atoms with Crippen molar-refractivity contribution in [1.82, 2.24) is 0 Å². The summed E-state index contributed by atoms with van der Waals surface area (Å²) >= 11 is 0. The van der Waals surface area contributed by atoms with E-state index in [2.05, 4.69) is 5.32 Å². The van der Waals surface area contributed by atoms with E-state index in [0.29, 0.717) is 12.2 Å². The predicted molar refractivity (Wildman–Crippen MR) is 71.9 cm³/mol. The van der Waals surface area contributed by atoms with Gasteiger partial charge in [0.25, 0.3) is 0 Å². The van der Waals surface area contributed by atoms with Gasteiger partial charge in [-0.25, -0.2) is 9.18 Å². The number of carboxylic acid groups (broad SMARTS) is 1. The van der Waals surface area contributed by atoms with E-state index >= 15 is 0 Å². The van der Waals surface area contributed by atoms with E-state index in [4.69, 9.17) is 5.11 Å². The SMILES string of the molecule is Cc1ccc(CNc2ccc(F)c(C(=O)O)c2)cc1. The van der Waals surface area contributed by atoms with E-state index in [1.807, 2.05) is 31.2 Å². The topological polar surface area (TPSA) is 49.3 Å². The first-order chi connectivity index (χ1) is 9.06. The average molecular weight is 259 g/mol. The van der Waals surface area contributed by atoms with Crippen LogP contribution in [0, 0.1) is 12.7 Å². The van der Waals surface area contributed by atoms with Crippen LogP contribution in [-0.4, -0.2) is 11.1 Å². The second kappa shape index (κ2) is 5.52. The molecular weight excluding hydrogens is 245 g/mol. The zero-order valence-corrected chi connectivity index (χ0v) is 10.5. The lowest BCUT2D eigenvalue weighted by atomic mass is 10.1. The number of anilines is 1. The van der Waals surface area contributed by atoms with E-state index in [1.54, 1.807) is 0 Å². The number of carboxylic acids is 1. The summed E-state index contributed by atoms with van der Waals surface area (Å²) in [6.45, 7) is 2.57. The number of halogens is 1. The molecule has 0 heterocycles. The van der Waals surface area contributed by atoms with Crippen molar-refractivity contribution < 1.29 is 14.3 Å². The summed E-state index contributed by atoms with van der Waals surface area (Å²) in [6, 6.07) is 12.0. The highest BCUT2D eigenvalue weighted by molar-refractivity contribution is 5.89. The number of aromatic carboxylic acids is 1. The van der Waals surface area contributed by atoms with Gasteiger partial charge in [0.15, 0.2) is 0 Å². The highest BCUT2D eigenvalue weighted by Gasteiger charge is 2.10. The van der Waals surface area contributed by atoms with Crippen LogP contribution in [-0.2, 0) is 6.54 Å². The number of aryl methyl sites for hydroxylation is 1. The molecule has 3 nitrogen and oxygen atoms in total. The summed E-state index contributed by atoms with van der Waals surface area (Å²) in [5, 5.41) is 11.9. The number of rotatable bonds is 4. The normalized spacial score (nSPS) is 10.2. The van der Waals surface area contributed by atoms with Gasteiger partial charge in [0, 0.05) is 12.2 Å². The summed E-state index contributed by atoms with van der Waals surface area (Å²) in [5.41, 5.74) is 2.51. The van der Waals surface area contributed by atoms with Crippen molar-refractivity contribution in [1.29, 1.82) is 0 Å². The highest BCUT2D eigenvalue weighted by atomic mass is 19.1. The molecule has 0 spiro atoms. The van der Waals surface area contributed by atoms with Gasteiger partial charge in [0.05, 0.1) is 5.56 Å². The molecule has 0 aromatic heterocycles. The van der Waals surface area contributed by atoms with Gasteiger partial charge >= 0.3 is 5.97 Å². The van der Waals surface area contributed by atoms with Crippen LogP contribution in [0.1, 0.15) is 21.5 Å². The lowest BCUT2D eigenvalue weighted by Gasteiger charge is -2.08. The number of nitrogens with one attached hydrogen (secondary N) is 1. The highest BCUT2D eigenvalue weighted by Crippen LogP contribution is 2.16. The number of carbonyl (C=O) groups is 1. The fourth-order valence-electron chi connectivity index (χ4n) is 1.71. The largest absolute Gasteiger partial charge is 0.478 e. The minimum Gasteiger partial charge on any atom is -0.478 e. The molecule has 98 valence electrons. The molecule has 2 N–H and O–H groups in total. The molecular formula is C15H14FNO2. The molecule has 0 saturated carbocycles. The van der Waals surface area contributed by atoms with E-state index in [9.17, 15) is 9.18 Å². The summed E-state index contributed by atoms with van der Waals surface area (Å²) in [6.07, 6.45) is 0. The molecule has 0 bridgehead atoms. The van der Waals surface area contributed by atoms with E-state index in [0.717, 1.165) is 11.6 Å². The Kier molecular flexibility index (Phi) is 3.80. The number of benzene rings is 2. The maximum Gasteiger partial charge on any atom is 0.338 e. The van der Waals surface area contributed by atoms with Crippen molar-refractivity contribution in [3.8, 4) is 0 Å². The summed E-state index contributed by atoms with van der Waals surface area (Å²) in [4.78, 5) is 10.8.